The second kappa shape index (κ2) is 2.83. The van der Waals surface area contributed by atoms with Gasteiger partial charge in [0.05, 0.1) is 11.0 Å². The van der Waals surface area contributed by atoms with Crippen molar-refractivity contribution >= 4 is 27.0 Å². The van der Waals surface area contributed by atoms with E-state index in [9.17, 15) is 0 Å². The minimum Gasteiger partial charge on any atom is -0.328 e. The molecule has 0 bridgehead atoms. The molecule has 1 aliphatic rings. The molecule has 3 heteroatoms. The molecule has 0 fully saturated rings. The van der Waals surface area contributed by atoms with Gasteiger partial charge in [0, 0.05) is 16.9 Å². The molecule has 1 aliphatic heterocycles. The number of rotatable bonds is 0. The molecule has 3 rings (SSSR count). The zero-order valence-electron chi connectivity index (χ0n) is 8.00. The number of imidazole rings is 1. The molecule has 2 nitrogen and oxygen atoms in total. The van der Waals surface area contributed by atoms with E-state index in [2.05, 4.69) is 50.6 Å². The molecule has 14 heavy (non-hydrogen) atoms. The number of aryl methyl sites for hydroxylation is 1. The van der Waals surface area contributed by atoms with Crippen molar-refractivity contribution in [1.82, 2.24) is 9.55 Å². The van der Waals surface area contributed by atoms with Gasteiger partial charge in [0.2, 0.25) is 0 Å². The number of hydrogen-bond donors (Lipinski definition) is 0. The Balaban J connectivity index is 2.34. The number of hydrogen-bond acceptors (Lipinski definition) is 1. The Labute approximate surface area is 91.1 Å². The largest absolute Gasteiger partial charge is 0.328 e. The first kappa shape index (κ1) is 8.48. The van der Waals surface area contributed by atoms with E-state index in [0.29, 0.717) is 5.92 Å². The number of nitrogens with zero attached hydrogens (tertiary/aromatic N) is 2. The van der Waals surface area contributed by atoms with E-state index in [1.54, 1.807) is 0 Å². The van der Waals surface area contributed by atoms with Crippen molar-refractivity contribution < 1.29 is 0 Å². The highest BCUT2D eigenvalue weighted by Gasteiger charge is 2.22. The van der Waals surface area contributed by atoms with Gasteiger partial charge in [0.15, 0.2) is 0 Å². The normalized spacial score (nSPS) is 20.3. The summed E-state index contributed by atoms with van der Waals surface area (Å²) in [5.74, 6) is 1.86. The summed E-state index contributed by atoms with van der Waals surface area (Å²) in [5, 5.41) is 0. The molecule has 0 amide bonds. The number of halogens is 1. The van der Waals surface area contributed by atoms with Crippen LogP contribution in [0.2, 0.25) is 0 Å². The van der Waals surface area contributed by atoms with Crippen molar-refractivity contribution in [3.63, 3.8) is 0 Å². The zero-order chi connectivity index (χ0) is 9.71. The third-order valence-electron chi connectivity index (χ3n) is 2.97. The number of aromatic nitrogens is 2. The average molecular weight is 251 g/mol. The van der Waals surface area contributed by atoms with Gasteiger partial charge in [-0.2, -0.15) is 0 Å². The van der Waals surface area contributed by atoms with E-state index in [0.717, 1.165) is 16.5 Å². The molecule has 0 N–H and O–H groups in total. The van der Waals surface area contributed by atoms with Gasteiger partial charge in [-0.1, -0.05) is 22.9 Å². The van der Waals surface area contributed by atoms with Crippen LogP contribution in [-0.4, -0.2) is 9.55 Å². The predicted molar refractivity (Wildman–Crippen MR) is 60.5 cm³/mol. The second-order valence-corrected chi connectivity index (χ2v) is 4.86. The number of fused-ring (bicyclic) bond motifs is 3. The summed E-state index contributed by atoms with van der Waals surface area (Å²) in [6.07, 6.45) is 1.23. The number of benzene rings is 1. The lowest BCUT2D eigenvalue weighted by atomic mass is 10.1. The van der Waals surface area contributed by atoms with E-state index >= 15 is 0 Å². The summed E-state index contributed by atoms with van der Waals surface area (Å²) >= 11 is 3.47. The molecule has 0 saturated heterocycles. The summed E-state index contributed by atoms with van der Waals surface area (Å²) in [4.78, 5) is 4.67. The molecule has 2 heterocycles. The van der Waals surface area contributed by atoms with Crippen LogP contribution in [0.25, 0.3) is 11.0 Å². The van der Waals surface area contributed by atoms with Crippen LogP contribution in [0.3, 0.4) is 0 Å². The van der Waals surface area contributed by atoms with Gasteiger partial charge < -0.3 is 4.57 Å². The minimum atomic E-state index is 0.612. The Kier molecular flexibility index (Phi) is 1.71. The molecule has 0 unspecified atom stereocenters. The molecule has 0 saturated carbocycles. The monoisotopic (exact) mass is 250 g/mol. The molecule has 1 aromatic heterocycles. The van der Waals surface area contributed by atoms with Gasteiger partial charge in [-0.3, -0.25) is 0 Å². The predicted octanol–water partition coefficient (Wildman–Crippen LogP) is 3.31. The summed E-state index contributed by atoms with van der Waals surface area (Å²) < 4.78 is 3.45. The second-order valence-electron chi connectivity index (χ2n) is 3.94. The van der Waals surface area contributed by atoms with Gasteiger partial charge in [-0.25, -0.2) is 4.98 Å². The van der Waals surface area contributed by atoms with Crippen molar-refractivity contribution in [1.29, 1.82) is 0 Å². The van der Waals surface area contributed by atoms with Crippen LogP contribution in [-0.2, 0) is 6.54 Å². The van der Waals surface area contributed by atoms with E-state index < -0.39 is 0 Å². The fourth-order valence-electron chi connectivity index (χ4n) is 2.18. The lowest BCUT2D eigenvalue weighted by Crippen LogP contribution is -1.91. The zero-order valence-corrected chi connectivity index (χ0v) is 9.58. The first-order chi connectivity index (χ1) is 6.75. The van der Waals surface area contributed by atoms with E-state index in [1.807, 2.05) is 0 Å². The fourth-order valence-corrected chi connectivity index (χ4v) is 2.53. The van der Waals surface area contributed by atoms with Crippen molar-refractivity contribution in [2.75, 3.05) is 0 Å². The molecule has 0 spiro atoms. The lowest BCUT2D eigenvalue weighted by molar-refractivity contribution is 0.710. The minimum absolute atomic E-state index is 0.612. The maximum Gasteiger partial charge on any atom is 0.112 e. The van der Waals surface area contributed by atoms with Crippen molar-refractivity contribution in [2.45, 2.75) is 25.8 Å². The first-order valence-corrected chi connectivity index (χ1v) is 5.70. The summed E-state index contributed by atoms with van der Waals surface area (Å²) in [6, 6.07) is 6.32. The van der Waals surface area contributed by atoms with Crippen LogP contribution >= 0.6 is 15.9 Å². The summed E-state index contributed by atoms with van der Waals surface area (Å²) in [6.45, 7) is 3.37. The highest BCUT2D eigenvalue weighted by Crippen LogP contribution is 2.31. The van der Waals surface area contributed by atoms with Gasteiger partial charge in [0.25, 0.3) is 0 Å². The molecule has 1 aromatic carbocycles. The Morgan fingerprint density at radius 1 is 1.50 bits per heavy atom. The van der Waals surface area contributed by atoms with Crippen LogP contribution in [0.15, 0.2) is 22.7 Å². The van der Waals surface area contributed by atoms with Crippen LogP contribution in [0, 0.1) is 0 Å². The molecule has 0 radical (unpaired) electrons. The average Bonchev–Trinajstić information content (AvgIpc) is 2.66. The first-order valence-electron chi connectivity index (χ1n) is 4.91. The molecular weight excluding hydrogens is 240 g/mol. The fraction of sp³-hybridized carbons (Fsp3) is 0.364. The Morgan fingerprint density at radius 2 is 2.36 bits per heavy atom. The SMILES string of the molecule is C[C@@H]1CCn2c1nc1cc(Br)ccc12. The maximum atomic E-state index is 4.67. The Morgan fingerprint density at radius 3 is 3.21 bits per heavy atom. The van der Waals surface area contributed by atoms with Crippen LogP contribution in [0.4, 0.5) is 0 Å². The molecule has 72 valence electrons. The van der Waals surface area contributed by atoms with E-state index in [1.165, 1.54) is 17.8 Å². The lowest BCUT2D eigenvalue weighted by Gasteiger charge is -1.97. The molecule has 1 atom stereocenters. The van der Waals surface area contributed by atoms with Gasteiger partial charge in [-0.15, -0.1) is 0 Å². The van der Waals surface area contributed by atoms with E-state index in [4.69, 9.17) is 0 Å². The molecule has 0 aliphatic carbocycles. The highest BCUT2D eigenvalue weighted by molar-refractivity contribution is 9.10. The van der Waals surface area contributed by atoms with Crippen LogP contribution in [0.1, 0.15) is 25.1 Å². The molecular formula is C11H11BrN2. The Bertz CT molecular complexity index is 501. The maximum absolute atomic E-state index is 4.67. The van der Waals surface area contributed by atoms with Gasteiger partial charge in [0.1, 0.15) is 5.82 Å². The van der Waals surface area contributed by atoms with Crippen molar-refractivity contribution in [3.8, 4) is 0 Å². The molecule has 2 aromatic rings. The third kappa shape index (κ3) is 1.05. The van der Waals surface area contributed by atoms with Crippen LogP contribution < -0.4 is 0 Å². The van der Waals surface area contributed by atoms with Gasteiger partial charge >= 0.3 is 0 Å². The topological polar surface area (TPSA) is 17.8 Å². The van der Waals surface area contributed by atoms with Crippen molar-refractivity contribution in [3.05, 3.63) is 28.5 Å². The summed E-state index contributed by atoms with van der Waals surface area (Å²) in [5.41, 5.74) is 2.38. The standard InChI is InChI=1S/C11H11BrN2/c1-7-4-5-14-10-3-2-8(12)6-9(10)13-11(7)14/h2-3,6-7H,4-5H2,1H3/t7-/m1/s1. The van der Waals surface area contributed by atoms with Crippen molar-refractivity contribution in [2.24, 2.45) is 0 Å². The Hall–Kier alpha value is -0.830. The van der Waals surface area contributed by atoms with Crippen LogP contribution in [0.5, 0.6) is 0 Å². The smallest absolute Gasteiger partial charge is 0.112 e. The van der Waals surface area contributed by atoms with Gasteiger partial charge in [-0.05, 0) is 24.6 Å². The highest BCUT2D eigenvalue weighted by atomic mass is 79.9. The third-order valence-corrected chi connectivity index (χ3v) is 3.46. The quantitative estimate of drug-likeness (QED) is 0.702. The van der Waals surface area contributed by atoms with E-state index in [-0.39, 0.29) is 0 Å². The summed E-state index contributed by atoms with van der Waals surface area (Å²) in [7, 11) is 0.